The molecule has 136 valence electrons. The Bertz CT molecular complexity index is 651. The minimum Gasteiger partial charge on any atom is -0.467 e. The molecule has 0 aromatic carbocycles. The van der Waals surface area contributed by atoms with Crippen molar-refractivity contribution < 1.29 is 28.3 Å². The fourth-order valence-electron chi connectivity index (χ4n) is 2.52. The van der Waals surface area contributed by atoms with Crippen molar-refractivity contribution >= 4 is 23.8 Å². The lowest BCUT2D eigenvalue weighted by molar-refractivity contribution is -0.151. The van der Waals surface area contributed by atoms with Crippen LogP contribution >= 0.6 is 0 Å². The van der Waals surface area contributed by atoms with Crippen LogP contribution in [0.4, 0.5) is 4.79 Å². The lowest BCUT2D eigenvalue weighted by Gasteiger charge is -2.22. The van der Waals surface area contributed by atoms with Gasteiger partial charge in [-0.1, -0.05) is 13.8 Å². The quantitative estimate of drug-likeness (QED) is 0.522. The van der Waals surface area contributed by atoms with E-state index < -0.39 is 42.5 Å². The predicted octanol–water partition coefficient (Wildman–Crippen LogP) is 0.550. The van der Waals surface area contributed by atoms with Gasteiger partial charge in [0.15, 0.2) is 6.61 Å². The average Bonchev–Trinajstić information content (AvgIpc) is 3.20. The van der Waals surface area contributed by atoms with Crippen LogP contribution < -0.4 is 10.6 Å². The summed E-state index contributed by atoms with van der Waals surface area (Å²) in [7, 11) is 0. The second kappa shape index (κ2) is 7.82. The highest BCUT2D eigenvalue weighted by atomic mass is 16.5. The summed E-state index contributed by atoms with van der Waals surface area (Å²) in [5.41, 5.74) is -0.974. The molecule has 0 saturated carbocycles. The topological polar surface area (TPSA) is 118 Å². The van der Waals surface area contributed by atoms with E-state index in [1.165, 1.54) is 6.26 Å². The van der Waals surface area contributed by atoms with Crippen molar-refractivity contribution in [2.45, 2.75) is 38.8 Å². The van der Waals surface area contributed by atoms with Crippen LogP contribution in [-0.4, -0.2) is 47.4 Å². The first-order valence-electron chi connectivity index (χ1n) is 8.00. The first-order valence-corrected chi connectivity index (χ1v) is 8.00. The first kappa shape index (κ1) is 18.5. The summed E-state index contributed by atoms with van der Waals surface area (Å²) >= 11 is 0. The molecule has 9 nitrogen and oxygen atoms in total. The van der Waals surface area contributed by atoms with Crippen molar-refractivity contribution in [1.29, 1.82) is 0 Å². The normalized spacial score (nSPS) is 15.8. The van der Waals surface area contributed by atoms with E-state index in [2.05, 4.69) is 10.6 Å². The minimum atomic E-state index is -0.974. The van der Waals surface area contributed by atoms with Crippen LogP contribution in [0.5, 0.6) is 0 Å². The molecule has 0 radical (unpaired) electrons. The van der Waals surface area contributed by atoms with Gasteiger partial charge in [-0.3, -0.25) is 19.3 Å². The van der Waals surface area contributed by atoms with Gasteiger partial charge >= 0.3 is 12.0 Å². The van der Waals surface area contributed by atoms with Crippen molar-refractivity contribution in [3.05, 3.63) is 24.2 Å². The van der Waals surface area contributed by atoms with Crippen molar-refractivity contribution in [2.24, 2.45) is 0 Å². The maximum absolute atomic E-state index is 12.4. The van der Waals surface area contributed by atoms with Crippen LogP contribution in [0.1, 0.15) is 32.4 Å². The highest BCUT2D eigenvalue weighted by Crippen LogP contribution is 2.24. The molecule has 0 atom stereocenters. The summed E-state index contributed by atoms with van der Waals surface area (Å²) in [4.78, 5) is 48.5. The van der Waals surface area contributed by atoms with Gasteiger partial charge in [0.1, 0.15) is 17.8 Å². The Kier molecular flexibility index (Phi) is 5.79. The maximum atomic E-state index is 12.4. The standard InChI is InChI=1S/C16H21N3O6/c1-3-16(4-2)14(22)19(15(23)18-16)9-13(21)25-10-12(20)17-8-11-6-5-7-24-11/h5-7H,3-4,8-10H2,1-2H3,(H,17,20)(H,18,23). The Labute approximate surface area is 144 Å². The number of amides is 4. The van der Waals surface area contributed by atoms with Crippen molar-refractivity contribution in [1.82, 2.24) is 15.5 Å². The summed E-state index contributed by atoms with van der Waals surface area (Å²) in [6.07, 6.45) is 2.33. The lowest BCUT2D eigenvalue weighted by atomic mass is 9.93. The highest BCUT2D eigenvalue weighted by molar-refractivity contribution is 6.08. The number of ether oxygens (including phenoxy) is 1. The van der Waals surface area contributed by atoms with Crippen molar-refractivity contribution in [3.8, 4) is 0 Å². The maximum Gasteiger partial charge on any atom is 0.326 e. The lowest BCUT2D eigenvalue weighted by Crippen LogP contribution is -2.46. The van der Waals surface area contributed by atoms with Crippen molar-refractivity contribution in [2.75, 3.05) is 13.2 Å². The molecule has 2 heterocycles. The van der Waals surface area contributed by atoms with Gasteiger partial charge in [-0.05, 0) is 25.0 Å². The number of carbonyl (C=O) groups excluding carboxylic acids is 4. The number of hydrogen-bond donors (Lipinski definition) is 2. The molecule has 1 saturated heterocycles. The summed E-state index contributed by atoms with van der Waals surface area (Å²) < 4.78 is 9.86. The molecule has 9 heteroatoms. The third kappa shape index (κ3) is 4.17. The molecule has 1 fully saturated rings. The Balaban J connectivity index is 1.79. The monoisotopic (exact) mass is 351 g/mol. The van der Waals surface area contributed by atoms with E-state index in [4.69, 9.17) is 9.15 Å². The van der Waals surface area contributed by atoms with Gasteiger partial charge in [0.25, 0.3) is 11.8 Å². The fourth-order valence-corrected chi connectivity index (χ4v) is 2.52. The molecule has 1 aromatic rings. The van der Waals surface area contributed by atoms with E-state index in [0.29, 0.717) is 18.6 Å². The molecule has 0 bridgehead atoms. The van der Waals surface area contributed by atoms with E-state index in [-0.39, 0.29) is 6.54 Å². The van der Waals surface area contributed by atoms with E-state index in [1.807, 2.05) is 0 Å². The number of carbonyl (C=O) groups is 4. The number of nitrogens with zero attached hydrogens (tertiary/aromatic N) is 1. The number of hydrogen-bond acceptors (Lipinski definition) is 6. The molecule has 25 heavy (non-hydrogen) atoms. The zero-order valence-electron chi connectivity index (χ0n) is 14.2. The number of imide groups is 1. The van der Waals surface area contributed by atoms with Crippen LogP contribution in [0.25, 0.3) is 0 Å². The van der Waals surface area contributed by atoms with Gasteiger partial charge in [0.05, 0.1) is 12.8 Å². The number of nitrogens with one attached hydrogen (secondary N) is 2. The highest BCUT2D eigenvalue weighted by Gasteiger charge is 2.49. The molecule has 1 aliphatic heterocycles. The molecule has 0 spiro atoms. The SMILES string of the molecule is CCC1(CC)NC(=O)N(CC(=O)OCC(=O)NCc2ccco2)C1=O. The van der Waals surface area contributed by atoms with Gasteiger partial charge in [0, 0.05) is 0 Å². The van der Waals surface area contributed by atoms with Crippen molar-refractivity contribution in [3.63, 3.8) is 0 Å². The Hall–Kier alpha value is -2.84. The van der Waals surface area contributed by atoms with Gasteiger partial charge in [0.2, 0.25) is 0 Å². The van der Waals surface area contributed by atoms with Gasteiger partial charge in [-0.2, -0.15) is 0 Å². The van der Waals surface area contributed by atoms with Gasteiger partial charge in [-0.25, -0.2) is 4.79 Å². The van der Waals surface area contributed by atoms with E-state index in [0.717, 1.165) is 4.90 Å². The van der Waals surface area contributed by atoms with Gasteiger partial charge < -0.3 is 19.8 Å². The molecule has 2 N–H and O–H groups in total. The zero-order chi connectivity index (χ0) is 18.4. The zero-order valence-corrected chi connectivity index (χ0v) is 14.2. The summed E-state index contributed by atoms with van der Waals surface area (Å²) in [5, 5.41) is 5.13. The molecular weight excluding hydrogens is 330 g/mol. The van der Waals surface area contributed by atoms with E-state index in [9.17, 15) is 19.2 Å². The molecular formula is C16H21N3O6. The third-order valence-corrected chi connectivity index (χ3v) is 4.14. The smallest absolute Gasteiger partial charge is 0.326 e. The first-order chi connectivity index (χ1) is 11.9. The largest absolute Gasteiger partial charge is 0.467 e. The van der Waals surface area contributed by atoms with Crippen LogP contribution in [-0.2, 0) is 25.7 Å². The second-order valence-corrected chi connectivity index (χ2v) is 5.63. The number of furan rings is 1. The molecule has 1 aromatic heterocycles. The third-order valence-electron chi connectivity index (χ3n) is 4.14. The molecule has 0 aliphatic carbocycles. The summed E-state index contributed by atoms with van der Waals surface area (Å²) in [6, 6.07) is 2.75. The van der Waals surface area contributed by atoms with Crippen LogP contribution in [0.3, 0.4) is 0 Å². The molecule has 0 unspecified atom stereocenters. The Morgan fingerprint density at radius 3 is 2.60 bits per heavy atom. The van der Waals surface area contributed by atoms with Crippen LogP contribution in [0, 0.1) is 0 Å². The number of urea groups is 1. The van der Waals surface area contributed by atoms with Crippen LogP contribution in [0.2, 0.25) is 0 Å². The summed E-state index contributed by atoms with van der Waals surface area (Å²) in [5.74, 6) is -1.24. The molecule has 4 amide bonds. The Morgan fingerprint density at radius 1 is 1.32 bits per heavy atom. The van der Waals surface area contributed by atoms with E-state index >= 15 is 0 Å². The summed E-state index contributed by atoms with van der Waals surface area (Å²) in [6.45, 7) is 2.71. The average molecular weight is 351 g/mol. The number of esters is 1. The van der Waals surface area contributed by atoms with Crippen LogP contribution in [0.15, 0.2) is 22.8 Å². The van der Waals surface area contributed by atoms with Gasteiger partial charge in [-0.15, -0.1) is 0 Å². The second-order valence-electron chi connectivity index (χ2n) is 5.63. The molecule has 2 rings (SSSR count). The minimum absolute atomic E-state index is 0.173. The Morgan fingerprint density at radius 2 is 2.04 bits per heavy atom. The number of rotatable bonds is 8. The predicted molar refractivity (Wildman–Crippen MR) is 85.1 cm³/mol. The fraction of sp³-hybridized carbons (Fsp3) is 0.500. The molecule has 1 aliphatic rings. The van der Waals surface area contributed by atoms with E-state index in [1.54, 1.807) is 26.0 Å².